The van der Waals surface area contributed by atoms with Crippen LogP contribution in [0.4, 0.5) is 5.69 Å². The van der Waals surface area contributed by atoms with E-state index < -0.39 is 28.5 Å². The van der Waals surface area contributed by atoms with Gasteiger partial charge in [-0.2, -0.15) is 0 Å². The van der Waals surface area contributed by atoms with Crippen molar-refractivity contribution in [1.82, 2.24) is 10.2 Å². The first kappa shape index (κ1) is 27.0. The number of halogens is 2. The zero-order chi connectivity index (χ0) is 24.8. The Labute approximate surface area is 205 Å². The van der Waals surface area contributed by atoms with E-state index in [4.69, 9.17) is 23.2 Å². The number of amides is 2. The maximum Gasteiger partial charge on any atom is 0.244 e. The Kier molecular flexibility index (Phi) is 9.57. The van der Waals surface area contributed by atoms with Gasteiger partial charge in [-0.25, -0.2) is 8.42 Å². The molecule has 0 bridgehead atoms. The molecule has 0 radical (unpaired) electrons. The number of nitrogens with one attached hydrogen (secondary N) is 1. The molecule has 180 valence electrons. The molecule has 0 fully saturated rings. The zero-order valence-corrected chi connectivity index (χ0v) is 21.5. The molecule has 1 atom stereocenters. The van der Waals surface area contributed by atoms with Crippen LogP contribution in [-0.2, 0) is 26.2 Å². The number of anilines is 1. The number of hydrogen-bond acceptors (Lipinski definition) is 4. The van der Waals surface area contributed by atoms with E-state index in [2.05, 4.69) is 5.32 Å². The molecule has 0 heterocycles. The number of sulfonamides is 1. The summed E-state index contributed by atoms with van der Waals surface area (Å²) in [5.41, 5.74) is 1.98. The van der Waals surface area contributed by atoms with Crippen molar-refractivity contribution in [3.05, 3.63) is 63.6 Å². The molecular formula is C23H29Cl2N3O4S. The highest BCUT2D eigenvalue weighted by Crippen LogP contribution is 2.31. The molecule has 2 amide bonds. The normalized spacial score (nSPS) is 12.2. The van der Waals surface area contributed by atoms with E-state index in [0.717, 1.165) is 21.7 Å². The van der Waals surface area contributed by atoms with Crippen molar-refractivity contribution >= 4 is 50.7 Å². The van der Waals surface area contributed by atoms with E-state index in [1.165, 1.54) is 23.1 Å². The summed E-state index contributed by atoms with van der Waals surface area (Å²) in [7, 11) is -3.88. The number of likely N-dealkylation sites (N-methyl/N-ethyl adjacent to an activating group) is 1. The van der Waals surface area contributed by atoms with Crippen LogP contribution in [0, 0.1) is 6.92 Å². The lowest BCUT2D eigenvalue weighted by Crippen LogP contribution is -2.52. The van der Waals surface area contributed by atoms with Gasteiger partial charge >= 0.3 is 0 Å². The van der Waals surface area contributed by atoms with Gasteiger partial charge in [-0.3, -0.25) is 13.9 Å². The summed E-state index contributed by atoms with van der Waals surface area (Å²) >= 11 is 12.3. The van der Waals surface area contributed by atoms with Gasteiger partial charge in [0.25, 0.3) is 0 Å². The topological polar surface area (TPSA) is 86.8 Å². The fourth-order valence-electron chi connectivity index (χ4n) is 3.37. The molecule has 2 aromatic rings. The summed E-state index contributed by atoms with van der Waals surface area (Å²) in [5.74, 6) is -0.831. The molecule has 0 saturated heterocycles. The van der Waals surface area contributed by atoms with Crippen LogP contribution >= 0.6 is 23.2 Å². The van der Waals surface area contributed by atoms with Crippen molar-refractivity contribution in [1.29, 1.82) is 0 Å². The van der Waals surface area contributed by atoms with Gasteiger partial charge in [-0.1, -0.05) is 60.0 Å². The van der Waals surface area contributed by atoms with Crippen LogP contribution in [0.5, 0.6) is 0 Å². The zero-order valence-electron chi connectivity index (χ0n) is 19.1. The first-order valence-corrected chi connectivity index (χ1v) is 13.1. The Morgan fingerprint density at radius 3 is 2.24 bits per heavy atom. The molecular weight excluding hydrogens is 485 g/mol. The molecule has 0 saturated carbocycles. The predicted molar refractivity (Wildman–Crippen MR) is 133 cm³/mol. The van der Waals surface area contributed by atoms with Gasteiger partial charge in [-0.05, 0) is 44.0 Å². The van der Waals surface area contributed by atoms with Gasteiger partial charge in [-0.15, -0.1) is 0 Å². The Balaban J connectivity index is 2.46. The van der Waals surface area contributed by atoms with Gasteiger partial charge in [0, 0.05) is 18.1 Å². The van der Waals surface area contributed by atoms with Crippen molar-refractivity contribution < 1.29 is 18.0 Å². The minimum absolute atomic E-state index is 0.0985. The molecule has 33 heavy (non-hydrogen) atoms. The van der Waals surface area contributed by atoms with E-state index in [1.807, 2.05) is 31.2 Å². The number of hydrogen-bond donors (Lipinski definition) is 1. The highest BCUT2D eigenvalue weighted by Gasteiger charge is 2.32. The second kappa shape index (κ2) is 11.7. The SMILES string of the molecule is CCNC(=O)C(CC)N(Cc1ccc(C)cc1)C(=O)CN(c1cc(Cl)ccc1Cl)S(C)(=O)=O. The lowest BCUT2D eigenvalue weighted by molar-refractivity contribution is -0.140. The summed E-state index contributed by atoms with van der Waals surface area (Å²) in [4.78, 5) is 27.7. The average Bonchev–Trinajstić information content (AvgIpc) is 2.74. The highest BCUT2D eigenvalue weighted by atomic mass is 35.5. The van der Waals surface area contributed by atoms with Crippen molar-refractivity contribution in [2.45, 2.75) is 39.8 Å². The molecule has 2 aromatic carbocycles. The van der Waals surface area contributed by atoms with Crippen molar-refractivity contribution in [2.24, 2.45) is 0 Å². The highest BCUT2D eigenvalue weighted by molar-refractivity contribution is 7.92. The van der Waals surface area contributed by atoms with Gasteiger partial charge < -0.3 is 10.2 Å². The van der Waals surface area contributed by atoms with Crippen molar-refractivity contribution in [3.8, 4) is 0 Å². The minimum Gasteiger partial charge on any atom is -0.355 e. The van der Waals surface area contributed by atoms with E-state index in [1.54, 1.807) is 13.8 Å². The van der Waals surface area contributed by atoms with Crippen molar-refractivity contribution in [3.63, 3.8) is 0 Å². The maximum absolute atomic E-state index is 13.5. The van der Waals surface area contributed by atoms with Gasteiger partial charge in [0.1, 0.15) is 12.6 Å². The second-order valence-electron chi connectivity index (χ2n) is 7.69. The van der Waals surface area contributed by atoms with Crippen LogP contribution in [0.3, 0.4) is 0 Å². The lowest BCUT2D eigenvalue weighted by Gasteiger charge is -2.33. The van der Waals surface area contributed by atoms with E-state index >= 15 is 0 Å². The first-order chi connectivity index (χ1) is 15.5. The average molecular weight is 514 g/mol. The van der Waals surface area contributed by atoms with Gasteiger partial charge in [0.2, 0.25) is 21.8 Å². The van der Waals surface area contributed by atoms with Crippen molar-refractivity contribution in [2.75, 3.05) is 23.7 Å². The Hall–Kier alpha value is -2.29. The smallest absolute Gasteiger partial charge is 0.244 e. The largest absolute Gasteiger partial charge is 0.355 e. The molecule has 1 unspecified atom stereocenters. The first-order valence-electron chi connectivity index (χ1n) is 10.5. The fourth-order valence-corrected chi connectivity index (χ4v) is 4.66. The molecule has 0 aliphatic heterocycles. The summed E-state index contributed by atoms with van der Waals surface area (Å²) < 4.78 is 26.1. The quantitative estimate of drug-likeness (QED) is 0.519. The molecule has 1 N–H and O–H groups in total. The van der Waals surface area contributed by atoms with Crippen LogP contribution in [0.2, 0.25) is 10.0 Å². The number of benzene rings is 2. The fraction of sp³-hybridized carbons (Fsp3) is 0.391. The third-order valence-electron chi connectivity index (χ3n) is 5.07. The standard InChI is InChI=1S/C23H29Cl2N3O4S/c1-5-20(23(30)26-6-2)27(14-17-9-7-16(3)8-10-17)22(29)15-28(33(4,31)32)21-13-18(24)11-12-19(21)25/h7-13,20H,5-6,14-15H2,1-4H3,(H,26,30). The monoisotopic (exact) mass is 513 g/mol. The Bertz CT molecular complexity index is 1090. The Morgan fingerprint density at radius 2 is 1.70 bits per heavy atom. The van der Waals surface area contributed by atoms with Gasteiger partial charge in [0.15, 0.2) is 0 Å². The molecule has 0 aromatic heterocycles. The molecule has 2 rings (SSSR count). The van der Waals surface area contributed by atoms with Crippen LogP contribution in [0.25, 0.3) is 0 Å². The van der Waals surface area contributed by atoms with E-state index in [0.29, 0.717) is 13.0 Å². The number of rotatable bonds is 10. The Morgan fingerprint density at radius 1 is 1.06 bits per heavy atom. The summed E-state index contributed by atoms with van der Waals surface area (Å²) in [6, 6.07) is 11.2. The predicted octanol–water partition coefficient (Wildman–Crippen LogP) is 4.01. The minimum atomic E-state index is -3.88. The van der Waals surface area contributed by atoms with Gasteiger partial charge in [0.05, 0.1) is 17.0 Å². The third-order valence-corrected chi connectivity index (χ3v) is 6.75. The van der Waals surface area contributed by atoms with Crippen LogP contribution in [-0.4, -0.2) is 50.5 Å². The summed E-state index contributed by atoms with van der Waals surface area (Å²) in [6.07, 6.45) is 1.35. The third kappa shape index (κ3) is 7.35. The number of nitrogens with zero attached hydrogens (tertiary/aromatic N) is 2. The molecule has 0 spiro atoms. The number of aryl methyl sites for hydroxylation is 1. The summed E-state index contributed by atoms with van der Waals surface area (Å²) in [6.45, 7) is 5.58. The molecule has 7 nitrogen and oxygen atoms in total. The molecule has 0 aliphatic carbocycles. The van der Waals surface area contributed by atoms with Crippen LogP contribution < -0.4 is 9.62 Å². The lowest BCUT2D eigenvalue weighted by atomic mass is 10.1. The van der Waals surface area contributed by atoms with E-state index in [-0.39, 0.29) is 28.2 Å². The maximum atomic E-state index is 13.5. The number of carbonyl (C=O) groups excluding carboxylic acids is 2. The second-order valence-corrected chi connectivity index (χ2v) is 10.4. The molecule has 10 heteroatoms. The van der Waals surface area contributed by atoms with E-state index in [9.17, 15) is 18.0 Å². The molecule has 0 aliphatic rings. The van der Waals surface area contributed by atoms with Crippen LogP contribution in [0.15, 0.2) is 42.5 Å². The van der Waals surface area contributed by atoms with Crippen LogP contribution in [0.1, 0.15) is 31.4 Å². The summed E-state index contributed by atoms with van der Waals surface area (Å²) in [5, 5.41) is 3.17. The number of carbonyl (C=O) groups is 2.